The first-order chi connectivity index (χ1) is 16.8. The van der Waals surface area contributed by atoms with Crippen molar-refractivity contribution in [3.63, 3.8) is 0 Å². The highest BCUT2D eigenvalue weighted by molar-refractivity contribution is 6.21. The Balaban J connectivity index is 1.62. The van der Waals surface area contributed by atoms with Gasteiger partial charge in [-0.3, -0.25) is 9.59 Å². The molecule has 1 heterocycles. The van der Waals surface area contributed by atoms with Crippen LogP contribution in [0.4, 0.5) is 0 Å². The van der Waals surface area contributed by atoms with E-state index in [0.29, 0.717) is 19.3 Å². The lowest BCUT2D eigenvalue weighted by Crippen LogP contribution is -2.53. The minimum atomic E-state index is -1.05. The molecule has 3 rings (SSSR count). The van der Waals surface area contributed by atoms with E-state index in [9.17, 15) is 19.5 Å². The van der Waals surface area contributed by atoms with Crippen LogP contribution >= 0.6 is 11.6 Å². The third kappa shape index (κ3) is 6.96. The van der Waals surface area contributed by atoms with Gasteiger partial charge in [0.25, 0.3) is 0 Å². The average Bonchev–Trinajstić information content (AvgIpc) is 2.86. The molecule has 8 nitrogen and oxygen atoms in total. The highest BCUT2D eigenvalue weighted by Gasteiger charge is 2.45. The molecule has 1 aromatic rings. The van der Waals surface area contributed by atoms with E-state index in [1.807, 2.05) is 37.3 Å². The number of hydrogen-bond acceptors (Lipinski definition) is 7. The van der Waals surface area contributed by atoms with Crippen LogP contribution in [0.1, 0.15) is 51.5 Å². The number of hydrogen-bond donors (Lipinski definition) is 3. The Morgan fingerprint density at radius 1 is 1.17 bits per heavy atom. The summed E-state index contributed by atoms with van der Waals surface area (Å²) in [6.45, 7) is 5.39. The number of benzene rings is 1. The first-order valence-electron chi connectivity index (χ1n) is 12.5. The minimum absolute atomic E-state index is 0.0682. The van der Waals surface area contributed by atoms with E-state index >= 15 is 0 Å². The number of aliphatic hydroxyl groups excluding tert-OH is 1. The fraction of sp³-hybridized carbons (Fsp3) is 0.654. The predicted octanol–water partition coefficient (Wildman–Crippen LogP) is 2.35. The maximum atomic E-state index is 13.1. The first kappa shape index (κ1) is 27.4. The molecule has 0 aromatic heterocycles. The molecule has 0 spiro atoms. The largest absolute Gasteiger partial charge is 0.464 e. The Morgan fingerprint density at radius 3 is 2.49 bits per heavy atom. The molecular weight excluding hydrogens is 472 g/mol. The lowest BCUT2D eigenvalue weighted by atomic mass is 9.76. The zero-order chi connectivity index (χ0) is 25.4. The fourth-order valence-corrected chi connectivity index (χ4v) is 5.29. The van der Waals surface area contributed by atoms with Gasteiger partial charge in [0.05, 0.1) is 29.4 Å². The third-order valence-corrected chi connectivity index (χ3v) is 7.72. The van der Waals surface area contributed by atoms with Gasteiger partial charge in [-0.05, 0) is 51.3 Å². The molecule has 1 aliphatic heterocycles. The normalized spacial score (nSPS) is 26.9. The molecular formula is C26H37ClN2O6. The Hall–Kier alpha value is -2.16. The maximum Gasteiger partial charge on any atom is 0.328 e. The molecule has 2 fully saturated rings. The average molecular weight is 509 g/mol. The first-order valence-corrected chi connectivity index (χ1v) is 13.0. The van der Waals surface area contributed by atoms with E-state index in [1.165, 1.54) is 0 Å². The van der Waals surface area contributed by atoms with Crippen LogP contribution in [0.15, 0.2) is 30.3 Å². The van der Waals surface area contributed by atoms with E-state index in [2.05, 4.69) is 10.6 Å². The van der Waals surface area contributed by atoms with E-state index in [1.54, 1.807) is 6.92 Å². The number of piperidine rings is 1. The molecule has 9 heteroatoms. The lowest BCUT2D eigenvalue weighted by molar-refractivity contribution is -0.168. The molecule has 0 radical (unpaired) electrons. The van der Waals surface area contributed by atoms with Crippen LogP contribution in [-0.2, 0) is 30.3 Å². The molecule has 2 aliphatic rings. The van der Waals surface area contributed by atoms with Crippen molar-refractivity contribution in [3.8, 4) is 0 Å². The van der Waals surface area contributed by atoms with Crippen molar-refractivity contribution in [1.82, 2.24) is 10.6 Å². The summed E-state index contributed by atoms with van der Waals surface area (Å²) in [4.78, 5) is 38.6. The summed E-state index contributed by atoms with van der Waals surface area (Å²) in [5.41, 5.74) is 0.339. The summed E-state index contributed by atoms with van der Waals surface area (Å²) in [5.74, 6) is -2.10. The van der Waals surface area contributed by atoms with Gasteiger partial charge in [-0.25, -0.2) is 4.79 Å². The second-order valence-electron chi connectivity index (χ2n) is 9.49. The molecule has 1 saturated heterocycles. The van der Waals surface area contributed by atoms with Crippen LogP contribution in [0.3, 0.4) is 0 Å². The second kappa shape index (κ2) is 12.7. The number of amides is 1. The number of ether oxygens (including phenoxy) is 2. The molecule has 1 aliphatic carbocycles. The second-order valence-corrected chi connectivity index (χ2v) is 10.1. The van der Waals surface area contributed by atoms with Crippen LogP contribution in [-0.4, -0.2) is 66.3 Å². The Morgan fingerprint density at radius 2 is 1.86 bits per heavy atom. The van der Waals surface area contributed by atoms with Crippen molar-refractivity contribution < 1.29 is 29.0 Å². The van der Waals surface area contributed by atoms with Crippen LogP contribution in [0.25, 0.3) is 0 Å². The Kier molecular flexibility index (Phi) is 9.95. The smallest absolute Gasteiger partial charge is 0.328 e. The van der Waals surface area contributed by atoms with Gasteiger partial charge >= 0.3 is 11.9 Å². The predicted molar refractivity (Wildman–Crippen MR) is 132 cm³/mol. The summed E-state index contributed by atoms with van der Waals surface area (Å²) < 4.78 is 10.9. The molecule has 4 unspecified atom stereocenters. The highest BCUT2D eigenvalue weighted by Crippen LogP contribution is 2.37. The van der Waals surface area contributed by atoms with E-state index in [-0.39, 0.29) is 31.8 Å². The van der Waals surface area contributed by atoms with E-state index in [0.717, 1.165) is 18.7 Å². The van der Waals surface area contributed by atoms with Gasteiger partial charge in [0, 0.05) is 12.8 Å². The zero-order valence-electron chi connectivity index (χ0n) is 20.5. The van der Waals surface area contributed by atoms with Crippen LogP contribution in [0, 0.1) is 11.3 Å². The molecule has 5 atom stereocenters. The van der Waals surface area contributed by atoms with Crippen molar-refractivity contribution in [3.05, 3.63) is 35.9 Å². The standard InChI is InChI=1S/C26H37ClN2O6/c1-3-26(10-12-28-13-11-26)25(33)35-22-16-21(30)18(15-19(22)27)23(31)29-20(24(32)34-4-2)14-17-8-6-5-7-9-17/h5-9,18-22,28,30H,3-4,10-16H2,1-2H3,(H,29,31)/t18?,19?,20-,21?,22?/m1/s1. The minimum Gasteiger partial charge on any atom is -0.464 e. The number of rotatable bonds is 9. The summed E-state index contributed by atoms with van der Waals surface area (Å²) in [6.07, 6.45) is 0.829. The fourth-order valence-electron chi connectivity index (χ4n) is 4.94. The Bertz CT molecular complexity index is 861. The van der Waals surface area contributed by atoms with Crippen LogP contribution in [0.5, 0.6) is 0 Å². The number of carbonyl (C=O) groups is 3. The van der Waals surface area contributed by atoms with Crippen LogP contribution < -0.4 is 10.6 Å². The quantitative estimate of drug-likeness (QED) is 0.346. The van der Waals surface area contributed by atoms with Crippen molar-refractivity contribution >= 4 is 29.4 Å². The van der Waals surface area contributed by atoms with Gasteiger partial charge in [-0.1, -0.05) is 37.3 Å². The van der Waals surface area contributed by atoms with Crippen LogP contribution in [0.2, 0.25) is 0 Å². The summed E-state index contributed by atoms with van der Waals surface area (Å²) in [6, 6.07) is 8.44. The SMILES string of the molecule is CCOC(=O)[C@@H](Cc1ccccc1)NC(=O)C1CC(Cl)C(OC(=O)C2(CC)CCNCC2)CC1O. The van der Waals surface area contributed by atoms with Crippen molar-refractivity contribution in [2.75, 3.05) is 19.7 Å². The Labute approximate surface area is 212 Å². The van der Waals surface area contributed by atoms with Crippen molar-refractivity contribution in [1.29, 1.82) is 0 Å². The number of nitrogens with one attached hydrogen (secondary N) is 2. The van der Waals surface area contributed by atoms with Gasteiger partial charge in [0.15, 0.2) is 0 Å². The summed E-state index contributed by atoms with van der Waals surface area (Å²) in [5, 5.41) is 16.2. The molecule has 3 N–H and O–H groups in total. The zero-order valence-corrected chi connectivity index (χ0v) is 21.3. The van der Waals surface area contributed by atoms with Gasteiger partial charge < -0.3 is 25.2 Å². The molecule has 35 heavy (non-hydrogen) atoms. The molecule has 194 valence electrons. The van der Waals surface area contributed by atoms with Gasteiger partial charge in [0.2, 0.25) is 5.91 Å². The number of halogens is 1. The number of carbonyl (C=O) groups excluding carboxylic acids is 3. The summed E-state index contributed by atoms with van der Waals surface area (Å²) in [7, 11) is 0. The maximum absolute atomic E-state index is 13.1. The number of aliphatic hydroxyl groups is 1. The lowest BCUT2D eigenvalue weighted by Gasteiger charge is -2.39. The molecule has 1 saturated carbocycles. The third-order valence-electron chi connectivity index (χ3n) is 7.26. The number of esters is 2. The van der Waals surface area contributed by atoms with Gasteiger partial charge in [-0.15, -0.1) is 11.6 Å². The summed E-state index contributed by atoms with van der Waals surface area (Å²) >= 11 is 6.56. The van der Waals surface area contributed by atoms with Crippen molar-refractivity contribution in [2.24, 2.45) is 11.3 Å². The van der Waals surface area contributed by atoms with Gasteiger partial charge in [0.1, 0.15) is 12.1 Å². The monoisotopic (exact) mass is 508 g/mol. The molecule has 0 bridgehead atoms. The number of alkyl halides is 1. The topological polar surface area (TPSA) is 114 Å². The highest BCUT2D eigenvalue weighted by atomic mass is 35.5. The van der Waals surface area contributed by atoms with E-state index in [4.69, 9.17) is 21.1 Å². The van der Waals surface area contributed by atoms with Gasteiger partial charge in [-0.2, -0.15) is 0 Å². The molecule has 1 amide bonds. The van der Waals surface area contributed by atoms with E-state index < -0.39 is 46.8 Å². The van der Waals surface area contributed by atoms with Crippen molar-refractivity contribution in [2.45, 2.75) is 76.0 Å². The molecule has 1 aromatic carbocycles.